The Bertz CT molecular complexity index is 1180. The van der Waals surface area contributed by atoms with Crippen molar-refractivity contribution in [2.45, 2.75) is 44.4 Å². The second-order valence-corrected chi connectivity index (χ2v) is 8.85. The first kappa shape index (κ1) is 18.7. The number of aromatic nitrogens is 3. The van der Waals surface area contributed by atoms with Crippen molar-refractivity contribution in [3.63, 3.8) is 0 Å². The summed E-state index contributed by atoms with van der Waals surface area (Å²) in [6, 6.07) is 3.92. The van der Waals surface area contributed by atoms with E-state index in [-0.39, 0.29) is 4.90 Å². The summed E-state index contributed by atoms with van der Waals surface area (Å²) in [5.41, 5.74) is 2.48. The van der Waals surface area contributed by atoms with Crippen LogP contribution in [0.3, 0.4) is 0 Å². The first-order chi connectivity index (χ1) is 13.2. The van der Waals surface area contributed by atoms with Gasteiger partial charge in [0, 0.05) is 24.2 Å². The number of anilines is 1. The third kappa shape index (κ3) is 3.09. The predicted octanol–water partition coefficient (Wildman–Crippen LogP) is 3.82. The molecule has 0 bridgehead atoms. The zero-order valence-corrected chi connectivity index (χ0v) is 16.9. The Morgan fingerprint density at radius 2 is 1.93 bits per heavy atom. The van der Waals surface area contributed by atoms with Gasteiger partial charge in [0.05, 0.1) is 5.69 Å². The molecule has 1 saturated carbocycles. The smallest absolute Gasteiger partial charge is 0.264 e. The van der Waals surface area contributed by atoms with E-state index in [2.05, 4.69) is 14.9 Å². The Labute approximate surface area is 162 Å². The van der Waals surface area contributed by atoms with Gasteiger partial charge < -0.3 is 8.98 Å². The average Bonchev–Trinajstić information content (AvgIpc) is 3.30. The lowest BCUT2D eigenvalue weighted by molar-refractivity contribution is 0.504. The van der Waals surface area contributed by atoms with E-state index in [4.69, 9.17) is 4.42 Å². The van der Waals surface area contributed by atoms with E-state index in [0.717, 1.165) is 12.8 Å². The van der Waals surface area contributed by atoms with Crippen LogP contribution in [0, 0.1) is 26.6 Å². The minimum absolute atomic E-state index is 0.153. The van der Waals surface area contributed by atoms with Crippen LogP contribution in [0.5, 0.6) is 0 Å². The summed E-state index contributed by atoms with van der Waals surface area (Å²) >= 11 is 0. The Morgan fingerprint density at radius 3 is 2.57 bits per heavy atom. The minimum Gasteiger partial charge on any atom is -0.419 e. The zero-order valence-electron chi connectivity index (χ0n) is 16.1. The maximum atomic E-state index is 13.3. The minimum atomic E-state index is -3.90. The first-order valence-electron chi connectivity index (χ1n) is 8.97. The van der Waals surface area contributed by atoms with Crippen LogP contribution in [-0.2, 0) is 17.1 Å². The summed E-state index contributed by atoms with van der Waals surface area (Å²) in [7, 11) is -2.14. The molecule has 0 radical (unpaired) electrons. The molecule has 28 heavy (non-hydrogen) atoms. The van der Waals surface area contributed by atoms with Crippen LogP contribution in [0.15, 0.2) is 27.5 Å². The van der Waals surface area contributed by atoms with Gasteiger partial charge >= 0.3 is 0 Å². The number of nitrogens with one attached hydrogen (secondary N) is 1. The van der Waals surface area contributed by atoms with Crippen molar-refractivity contribution < 1.29 is 17.2 Å². The van der Waals surface area contributed by atoms with Crippen LogP contribution in [0.25, 0.3) is 11.6 Å². The van der Waals surface area contributed by atoms with E-state index < -0.39 is 15.8 Å². The van der Waals surface area contributed by atoms with Crippen LogP contribution in [0.4, 0.5) is 10.1 Å². The number of sulfonamides is 1. The molecule has 0 amide bonds. The second kappa shape index (κ2) is 6.44. The zero-order chi connectivity index (χ0) is 20.2. The van der Waals surface area contributed by atoms with Crippen LogP contribution >= 0.6 is 0 Å². The van der Waals surface area contributed by atoms with Crippen molar-refractivity contribution in [1.29, 1.82) is 0 Å². The van der Waals surface area contributed by atoms with Gasteiger partial charge in [-0.15, -0.1) is 10.2 Å². The molecule has 0 aliphatic heterocycles. The summed E-state index contributed by atoms with van der Waals surface area (Å²) in [4.78, 5) is 0.153. The van der Waals surface area contributed by atoms with Gasteiger partial charge in [-0.2, -0.15) is 0 Å². The molecule has 7 nitrogen and oxygen atoms in total. The summed E-state index contributed by atoms with van der Waals surface area (Å²) < 4.78 is 49.7. The fourth-order valence-corrected chi connectivity index (χ4v) is 5.06. The fraction of sp³-hybridized carbons (Fsp3) is 0.368. The van der Waals surface area contributed by atoms with Gasteiger partial charge in [0.2, 0.25) is 5.89 Å². The van der Waals surface area contributed by atoms with E-state index in [1.54, 1.807) is 32.4 Å². The molecule has 0 atom stereocenters. The lowest BCUT2D eigenvalue weighted by Crippen LogP contribution is -2.15. The van der Waals surface area contributed by atoms with Gasteiger partial charge in [0.15, 0.2) is 0 Å². The van der Waals surface area contributed by atoms with Crippen LogP contribution in [0.2, 0.25) is 0 Å². The van der Waals surface area contributed by atoms with Crippen molar-refractivity contribution in [2.24, 2.45) is 7.05 Å². The largest absolute Gasteiger partial charge is 0.419 e. The molecule has 2 aromatic heterocycles. The lowest BCUT2D eigenvalue weighted by atomic mass is 10.2. The van der Waals surface area contributed by atoms with Gasteiger partial charge in [-0.25, -0.2) is 12.8 Å². The standard InChI is InChI=1S/C19H21FN4O3S/c1-10-9-14(20)7-8-15(10)23-28(25,26)17-11(2)16(24(4)12(17)3)19-22-21-18(27-19)13-5-6-13/h7-9,13,23H,5-6H2,1-4H3. The molecule has 0 unspecified atom stereocenters. The molecule has 1 aliphatic carbocycles. The van der Waals surface area contributed by atoms with Crippen molar-refractivity contribution in [1.82, 2.24) is 14.8 Å². The Kier molecular flexibility index (Phi) is 4.29. The molecule has 2 heterocycles. The number of halogens is 1. The summed E-state index contributed by atoms with van der Waals surface area (Å²) in [6.07, 6.45) is 2.07. The third-order valence-electron chi connectivity index (χ3n) is 5.13. The summed E-state index contributed by atoms with van der Waals surface area (Å²) in [5, 5.41) is 8.21. The molecule has 0 saturated heterocycles. The van der Waals surface area contributed by atoms with E-state index >= 15 is 0 Å². The van der Waals surface area contributed by atoms with Gasteiger partial charge in [-0.3, -0.25) is 4.72 Å². The highest BCUT2D eigenvalue weighted by molar-refractivity contribution is 7.92. The molecule has 9 heteroatoms. The molecule has 3 aromatic rings. The molecule has 1 N–H and O–H groups in total. The average molecular weight is 404 g/mol. The van der Waals surface area contributed by atoms with Crippen LogP contribution in [0.1, 0.15) is 41.5 Å². The Hall–Kier alpha value is -2.68. The number of hydrogen-bond donors (Lipinski definition) is 1. The van der Waals surface area contributed by atoms with E-state index in [1.807, 2.05) is 0 Å². The lowest BCUT2D eigenvalue weighted by Gasteiger charge is -2.11. The van der Waals surface area contributed by atoms with Crippen molar-refractivity contribution in [3.8, 4) is 11.6 Å². The number of nitrogens with zero attached hydrogens (tertiary/aromatic N) is 3. The van der Waals surface area contributed by atoms with E-state index in [0.29, 0.717) is 45.9 Å². The first-order valence-corrected chi connectivity index (χ1v) is 10.5. The van der Waals surface area contributed by atoms with Crippen LogP contribution < -0.4 is 4.72 Å². The van der Waals surface area contributed by atoms with Crippen molar-refractivity contribution in [3.05, 3.63) is 46.7 Å². The molecule has 4 rings (SSSR count). The number of aryl methyl sites for hydroxylation is 1. The Balaban J connectivity index is 1.76. The normalized spacial score (nSPS) is 14.5. The van der Waals surface area contributed by atoms with Gasteiger partial charge in [0.25, 0.3) is 15.9 Å². The highest BCUT2D eigenvalue weighted by atomic mass is 32.2. The number of hydrogen-bond acceptors (Lipinski definition) is 5. The molecular formula is C19H21FN4O3S. The fourth-order valence-electron chi connectivity index (χ4n) is 3.41. The second-order valence-electron chi connectivity index (χ2n) is 7.23. The highest BCUT2D eigenvalue weighted by Gasteiger charge is 2.32. The highest BCUT2D eigenvalue weighted by Crippen LogP contribution is 2.41. The summed E-state index contributed by atoms with van der Waals surface area (Å²) in [6.45, 7) is 5.09. The molecule has 148 valence electrons. The third-order valence-corrected chi connectivity index (χ3v) is 6.76. The van der Waals surface area contributed by atoms with Crippen molar-refractivity contribution in [2.75, 3.05) is 4.72 Å². The quantitative estimate of drug-likeness (QED) is 0.698. The maximum absolute atomic E-state index is 13.3. The maximum Gasteiger partial charge on any atom is 0.264 e. The van der Waals surface area contributed by atoms with Gasteiger partial charge in [0.1, 0.15) is 16.4 Å². The predicted molar refractivity (Wildman–Crippen MR) is 102 cm³/mol. The molecule has 1 fully saturated rings. The summed E-state index contributed by atoms with van der Waals surface area (Å²) in [5.74, 6) is 0.800. The monoisotopic (exact) mass is 404 g/mol. The molecule has 1 aromatic carbocycles. The van der Waals surface area contributed by atoms with Crippen LogP contribution in [-0.4, -0.2) is 23.2 Å². The Morgan fingerprint density at radius 1 is 1.21 bits per heavy atom. The number of benzene rings is 1. The molecule has 0 spiro atoms. The molecule has 1 aliphatic rings. The van der Waals surface area contributed by atoms with E-state index in [1.165, 1.54) is 18.2 Å². The van der Waals surface area contributed by atoms with Crippen molar-refractivity contribution >= 4 is 15.7 Å². The number of rotatable bonds is 5. The van der Waals surface area contributed by atoms with E-state index in [9.17, 15) is 12.8 Å². The van der Waals surface area contributed by atoms with Gasteiger partial charge in [-0.05, 0) is 57.4 Å². The van der Waals surface area contributed by atoms with Gasteiger partial charge in [-0.1, -0.05) is 0 Å². The topological polar surface area (TPSA) is 90.0 Å². The SMILES string of the molecule is Cc1cc(F)ccc1NS(=O)(=O)c1c(C)c(-c2nnc(C3CC3)o2)n(C)c1C. The molecular weight excluding hydrogens is 383 g/mol.